The molecule has 0 atom stereocenters. The van der Waals surface area contributed by atoms with Gasteiger partial charge in [0.2, 0.25) is 6.71 Å². The molecule has 0 unspecified atom stereocenters. The molecule has 0 spiro atoms. The molecule has 1 radical (unpaired) electrons. The number of fused-ring (bicyclic) bond motifs is 4. The first-order valence-corrected chi connectivity index (χ1v) is 17.7. The molecule has 10 rings (SSSR count). The SMILES string of the molecule is [2H]C([2H])([2H])c1c[c-]c(-c2cc(-c3ccccc3)c(C([2H])([2H])[2H])cn2)cc1.[2H]C([2H])([2H])c1ccc(-c2cc(-c3[c-]ccc4c3Oc3cccc5c3B4c3ccccc3O5)ncc2C([2H])([2H])[2H])c(C([2H])([2H])[2H])c1.[Ir]. The Bertz CT molecular complexity index is 3320. The second-order valence-corrected chi connectivity index (χ2v) is 13.3. The summed E-state index contributed by atoms with van der Waals surface area (Å²) in [6.45, 7) is -12.6. The maximum absolute atomic E-state index is 8.20. The molecule has 2 aliphatic heterocycles. The van der Waals surface area contributed by atoms with E-state index < -0.39 is 34.3 Å². The smallest absolute Gasteiger partial charge is 0.241 e. The van der Waals surface area contributed by atoms with Crippen molar-refractivity contribution in [2.24, 2.45) is 0 Å². The van der Waals surface area contributed by atoms with Crippen LogP contribution in [0.3, 0.4) is 0 Å². The van der Waals surface area contributed by atoms with Crippen LogP contribution in [0.25, 0.3) is 44.8 Å². The molecule has 0 saturated heterocycles. The summed E-state index contributed by atoms with van der Waals surface area (Å²) < 4.78 is 131. The Morgan fingerprint density at radius 2 is 1.28 bits per heavy atom. The fourth-order valence-corrected chi connectivity index (χ4v) is 7.17. The molecule has 2 aromatic heterocycles. The van der Waals surface area contributed by atoms with Crippen LogP contribution in [0.15, 0.2) is 146 Å². The molecule has 0 fully saturated rings. The fraction of sp³-hybridized carbons (Fsp3) is 0.0980. The molecule has 57 heavy (non-hydrogen) atoms. The third-order valence-electron chi connectivity index (χ3n) is 9.81. The van der Waals surface area contributed by atoms with Gasteiger partial charge in [0.15, 0.2) is 0 Å². The maximum atomic E-state index is 8.20. The topological polar surface area (TPSA) is 44.2 Å². The molecule has 0 N–H and O–H groups in total. The number of aryl methyl sites for hydroxylation is 5. The van der Waals surface area contributed by atoms with Crippen molar-refractivity contribution in [3.8, 4) is 67.8 Å². The van der Waals surface area contributed by atoms with Crippen LogP contribution in [-0.2, 0) is 20.1 Å². The zero-order valence-electron chi connectivity index (χ0n) is 45.0. The largest absolute Gasteiger partial charge is 0.503 e. The summed E-state index contributed by atoms with van der Waals surface area (Å²) in [7, 11) is 0. The average molecular weight is 930 g/mol. The van der Waals surface area contributed by atoms with Crippen molar-refractivity contribution in [3.05, 3.63) is 186 Å². The molecule has 6 aromatic carbocycles. The van der Waals surface area contributed by atoms with E-state index in [2.05, 4.69) is 22.1 Å². The number of hydrogen-bond acceptors (Lipinski definition) is 4. The summed E-state index contributed by atoms with van der Waals surface area (Å²) in [6.07, 6.45) is 2.57. The van der Waals surface area contributed by atoms with Gasteiger partial charge in [-0.2, -0.15) is 0 Å². The van der Waals surface area contributed by atoms with Gasteiger partial charge >= 0.3 is 0 Å². The Kier molecular flexibility index (Phi) is 6.63. The quantitative estimate of drug-likeness (QED) is 0.130. The van der Waals surface area contributed by atoms with E-state index in [1.165, 1.54) is 42.7 Å². The number of pyridine rings is 2. The molecule has 0 saturated carbocycles. The predicted molar refractivity (Wildman–Crippen MR) is 229 cm³/mol. The van der Waals surface area contributed by atoms with Gasteiger partial charge in [0, 0.05) is 64.3 Å². The van der Waals surface area contributed by atoms with Gasteiger partial charge in [-0.15, -0.1) is 59.1 Å². The summed E-state index contributed by atoms with van der Waals surface area (Å²) >= 11 is 0. The van der Waals surface area contributed by atoms with Gasteiger partial charge in [-0.1, -0.05) is 103 Å². The van der Waals surface area contributed by atoms with Crippen LogP contribution >= 0.6 is 0 Å². The number of para-hydroxylation sites is 1. The van der Waals surface area contributed by atoms with Crippen LogP contribution in [-0.4, -0.2) is 16.7 Å². The molecule has 6 heteroatoms. The minimum atomic E-state index is -2.73. The summed E-state index contributed by atoms with van der Waals surface area (Å²) in [5, 5.41) is 0. The molecular formula is C51H39BIrN2O2-2. The average Bonchev–Trinajstić information content (AvgIpc) is 3.32. The van der Waals surface area contributed by atoms with E-state index in [4.69, 9.17) is 30.0 Å². The van der Waals surface area contributed by atoms with Crippen LogP contribution in [0.5, 0.6) is 23.0 Å². The van der Waals surface area contributed by atoms with E-state index in [-0.39, 0.29) is 65.8 Å². The number of benzene rings is 6. The summed E-state index contributed by atoms with van der Waals surface area (Å²) in [4.78, 5) is 8.78. The van der Waals surface area contributed by atoms with Crippen molar-refractivity contribution in [1.29, 1.82) is 0 Å². The van der Waals surface area contributed by atoms with Gasteiger partial charge < -0.3 is 19.4 Å². The number of nitrogens with zero attached hydrogens (tertiary/aromatic N) is 2. The Morgan fingerprint density at radius 1 is 0.561 bits per heavy atom. The zero-order valence-corrected chi connectivity index (χ0v) is 32.4. The summed E-state index contributed by atoms with van der Waals surface area (Å²) in [6, 6.07) is 44.0. The summed E-state index contributed by atoms with van der Waals surface area (Å²) in [5.74, 6) is 2.51. The van der Waals surface area contributed by atoms with Crippen molar-refractivity contribution in [2.45, 2.75) is 34.3 Å². The monoisotopic (exact) mass is 930 g/mol. The van der Waals surface area contributed by atoms with Gasteiger partial charge in [-0.25, -0.2) is 0 Å². The third-order valence-corrected chi connectivity index (χ3v) is 9.81. The zero-order chi connectivity index (χ0) is 50.8. The Balaban J connectivity index is 0.000000219. The summed E-state index contributed by atoms with van der Waals surface area (Å²) in [5.41, 5.74) is 5.91. The predicted octanol–water partition coefficient (Wildman–Crippen LogP) is 10.7. The normalized spacial score (nSPS) is 16.7. The van der Waals surface area contributed by atoms with E-state index in [0.717, 1.165) is 33.8 Å². The van der Waals surface area contributed by atoms with Crippen molar-refractivity contribution in [1.82, 2.24) is 9.97 Å². The van der Waals surface area contributed by atoms with E-state index in [0.29, 0.717) is 45.3 Å². The van der Waals surface area contributed by atoms with E-state index in [9.17, 15) is 0 Å². The fourth-order valence-electron chi connectivity index (χ4n) is 7.17. The van der Waals surface area contributed by atoms with E-state index in [1.807, 2.05) is 78.9 Å². The first kappa shape index (κ1) is 23.9. The Morgan fingerprint density at radius 3 is 2.07 bits per heavy atom. The van der Waals surface area contributed by atoms with Crippen LogP contribution < -0.4 is 25.9 Å². The second-order valence-electron chi connectivity index (χ2n) is 13.3. The van der Waals surface area contributed by atoms with Crippen molar-refractivity contribution < 1.29 is 50.1 Å². The van der Waals surface area contributed by atoms with Gasteiger partial charge in [-0.3, -0.25) is 0 Å². The standard InChI is InChI=1S/C32H23BNO2.C19H16N.Ir/c1-19-14-15-22(20(2)16-19)24-17-27(34-18-21(24)3)23-8-6-10-26-32(23)36-30-13-7-12-29-31(30)33(26)25-9-4-5-11-28(25)35-29;1-14-8-10-17(11-9-14)19-12-18(15(2)13-20-19)16-6-4-3-5-7-16;/h4-7,9-18H,1-3H3;3-10,12-13H,1-2H3;/q2*-1;/i1D3,2D3,3D3;1D3,2D3;. The van der Waals surface area contributed by atoms with Crippen molar-refractivity contribution >= 4 is 23.1 Å². The van der Waals surface area contributed by atoms with Gasteiger partial charge in [-0.05, 0) is 101 Å². The van der Waals surface area contributed by atoms with Crippen LogP contribution in [0.2, 0.25) is 0 Å². The molecule has 279 valence electrons. The second kappa shape index (κ2) is 15.8. The van der Waals surface area contributed by atoms with Crippen molar-refractivity contribution in [2.75, 3.05) is 0 Å². The number of rotatable bonds is 4. The minimum Gasteiger partial charge on any atom is -0.503 e. The van der Waals surface area contributed by atoms with E-state index in [1.54, 1.807) is 18.2 Å². The number of hydrogen-bond donors (Lipinski definition) is 0. The minimum absolute atomic E-state index is 0. The Labute approximate surface area is 370 Å². The van der Waals surface area contributed by atoms with Gasteiger partial charge in [0.1, 0.15) is 17.2 Å². The number of ether oxygens (including phenoxy) is 2. The van der Waals surface area contributed by atoms with Crippen molar-refractivity contribution in [3.63, 3.8) is 0 Å². The molecule has 0 aliphatic carbocycles. The molecular weight excluding hydrogens is 876 g/mol. The van der Waals surface area contributed by atoms with Crippen LogP contribution in [0.1, 0.15) is 48.4 Å². The first-order chi connectivity index (χ1) is 33.4. The molecule has 2 aliphatic rings. The third kappa shape index (κ3) is 7.23. The van der Waals surface area contributed by atoms with Gasteiger partial charge in [0.25, 0.3) is 0 Å². The molecule has 8 aromatic rings. The van der Waals surface area contributed by atoms with E-state index >= 15 is 0 Å². The molecule has 0 amide bonds. The Hall–Kier alpha value is -6.07. The molecule has 4 heterocycles. The maximum Gasteiger partial charge on any atom is 0.241 e. The van der Waals surface area contributed by atoms with Gasteiger partial charge in [0.05, 0.1) is 0 Å². The first-order valence-electron chi connectivity index (χ1n) is 25.2. The molecule has 4 nitrogen and oxygen atoms in total. The van der Waals surface area contributed by atoms with Crippen LogP contribution in [0, 0.1) is 46.4 Å². The number of aromatic nitrogens is 2. The molecule has 0 bridgehead atoms. The van der Waals surface area contributed by atoms with Crippen LogP contribution in [0.4, 0.5) is 0 Å².